The summed E-state index contributed by atoms with van der Waals surface area (Å²) < 4.78 is 12.7. The van der Waals surface area contributed by atoms with E-state index in [0.29, 0.717) is 23.4 Å². The molecular formula is C24H24N2O3. The van der Waals surface area contributed by atoms with Gasteiger partial charge in [0.2, 0.25) is 0 Å². The maximum absolute atomic E-state index is 12.5. The lowest BCUT2D eigenvalue weighted by atomic mass is 9.97. The molecule has 5 nitrogen and oxygen atoms in total. The first kappa shape index (κ1) is 20.2. The van der Waals surface area contributed by atoms with E-state index >= 15 is 0 Å². The van der Waals surface area contributed by atoms with Crippen molar-refractivity contribution in [3.05, 3.63) is 66.0 Å². The van der Waals surface area contributed by atoms with Crippen LogP contribution in [0.4, 0.5) is 0 Å². The molecule has 0 aliphatic heterocycles. The zero-order valence-corrected chi connectivity index (χ0v) is 16.9. The first-order valence-corrected chi connectivity index (χ1v) is 9.69. The summed E-state index contributed by atoms with van der Waals surface area (Å²) >= 11 is 0. The lowest BCUT2D eigenvalue weighted by Crippen LogP contribution is -2.10. The number of nitriles is 1. The molecule has 0 amide bonds. The first-order valence-electron chi connectivity index (χ1n) is 9.69. The molecule has 29 heavy (non-hydrogen) atoms. The van der Waals surface area contributed by atoms with Crippen LogP contribution in [-0.4, -0.2) is 23.8 Å². The van der Waals surface area contributed by atoms with Crippen LogP contribution in [0.15, 0.2) is 54.7 Å². The molecule has 3 rings (SSSR count). The molecule has 0 saturated heterocycles. The molecule has 3 aromatic rings. The van der Waals surface area contributed by atoms with E-state index in [4.69, 9.17) is 9.47 Å². The van der Waals surface area contributed by atoms with Crippen LogP contribution in [-0.2, 0) is 11.8 Å². The molecule has 0 spiro atoms. The number of benzene rings is 2. The van der Waals surface area contributed by atoms with Gasteiger partial charge in [-0.05, 0) is 30.5 Å². The van der Waals surface area contributed by atoms with Gasteiger partial charge in [-0.25, -0.2) is 4.79 Å². The van der Waals surface area contributed by atoms with Crippen molar-refractivity contribution in [3.8, 4) is 34.1 Å². The van der Waals surface area contributed by atoms with Crippen molar-refractivity contribution in [2.45, 2.75) is 20.3 Å². The van der Waals surface area contributed by atoms with Gasteiger partial charge in [0.05, 0.1) is 18.8 Å². The Hall–Kier alpha value is -3.52. The van der Waals surface area contributed by atoms with Gasteiger partial charge in [0.1, 0.15) is 17.5 Å². The van der Waals surface area contributed by atoms with Crippen LogP contribution in [0.1, 0.15) is 36.3 Å². The Bertz CT molecular complexity index is 1040. The molecule has 0 aliphatic carbocycles. The van der Waals surface area contributed by atoms with Crippen LogP contribution in [0.25, 0.3) is 22.3 Å². The third-order valence-corrected chi connectivity index (χ3v) is 4.60. The van der Waals surface area contributed by atoms with E-state index in [1.54, 1.807) is 24.7 Å². The molecule has 2 aromatic carbocycles. The largest absolute Gasteiger partial charge is 0.493 e. The smallest absolute Gasteiger partial charge is 0.355 e. The number of nitrogens with zero attached hydrogens (tertiary/aromatic N) is 2. The SMILES string of the molecule is CCCOc1ccccc1-c1ccc(-c2c(C#N)cn(C)c2C(=O)OCC)cc1. The Morgan fingerprint density at radius 3 is 2.41 bits per heavy atom. The molecule has 0 aliphatic rings. The van der Waals surface area contributed by atoms with Crippen molar-refractivity contribution in [3.63, 3.8) is 0 Å². The molecule has 0 atom stereocenters. The number of aryl methyl sites for hydroxylation is 1. The van der Waals surface area contributed by atoms with E-state index in [1.165, 1.54) is 0 Å². The van der Waals surface area contributed by atoms with Crippen molar-refractivity contribution in [2.24, 2.45) is 7.05 Å². The van der Waals surface area contributed by atoms with Gasteiger partial charge in [0, 0.05) is 24.4 Å². The highest BCUT2D eigenvalue weighted by Crippen LogP contribution is 2.34. The Labute approximate surface area is 171 Å². The summed E-state index contributed by atoms with van der Waals surface area (Å²) in [5, 5.41) is 9.55. The van der Waals surface area contributed by atoms with Gasteiger partial charge < -0.3 is 14.0 Å². The number of ether oxygens (including phenoxy) is 2. The number of carbonyl (C=O) groups is 1. The molecule has 0 N–H and O–H groups in total. The van der Waals surface area contributed by atoms with E-state index in [9.17, 15) is 10.1 Å². The average molecular weight is 388 g/mol. The molecule has 5 heteroatoms. The predicted octanol–water partition coefficient (Wildman–Crippen LogP) is 5.20. The number of hydrogen-bond acceptors (Lipinski definition) is 4. The minimum atomic E-state index is -0.436. The highest BCUT2D eigenvalue weighted by atomic mass is 16.5. The highest BCUT2D eigenvalue weighted by Gasteiger charge is 2.23. The fourth-order valence-corrected chi connectivity index (χ4v) is 3.31. The number of carbonyl (C=O) groups excluding carboxylic acids is 1. The molecule has 0 fully saturated rings. The standard InChI is InChI=1S/C24H24N2O3/c1-4-14-29-21-9-7-6-8-20(21)17-10-12-18(13-11-17)22-19(15-25)16-26(3)23(22)24(27)28-5-2/h6-13,16H,4-5,14H2,1-3H3. The lowest BCUT2D eigenvalue weighted by molar-refractivity contribution is 0.0516. The van der Waals surface area contributed by atoms with Gasteiger partial charge in [-0.1, -0.05) is 49.4 Å². The normalized spacial score (nSPS) is 10.4. The van der Waals surface area contributed by atoms with Gasteiger partial charge in [0.15, 0.2) is 0 Å². The minimum absolute atomic E-state index is 0.277. The van der Waals surface area contributed by atoms with Crippen LogP contribution >= 0.6 is 0 Å². The van der Waals surface area contributed by atoms with Gasteiger partial charge in [-0.2, -0.15) is 5.26 Å². The summed E-state index contributed by atoms with van der Waals surface area (Å²) in [7, 11) is 1.74. The quantitative estimate of drug-likeness (QED) is 0.522. The fraction of sp³-hybridized carbons (Fsp3) is 0.250. The van der Waals surface area contributed by atoms with Crippen LogP contribution in [0.3, 0.4) is 0 Å². The zero-order chi connectivity index (χ0) is 20.8. The highest BCUT2D eigenvalue weighted by molar-refractivity contribution is 5.98. The maximum Gasteiger partial charge on any atom is 0.355 e. The molecule has 0 radical (unpaired) electrons. The second-order valence-electron chi connectivity index (χ2n) is 6.63. The lowest BCUT2D eigenvalue weighted by Gasteiger charge is -2.12. The molecule has 1 aromatic heterocycles. The van der Waals surface area contributed by atoms with Gasteiger partial charge in [-0.15, -0.1) is 0 Å². The fourth-order valence-electron chi connectivity index (χ4n) is 3.31. The second-order valence-corrected chi connectivity index (χ2v) is 6.63. The van der Waals surface area contributed by atoms with Gasteiger partial charge in [-0.3, -0.25) is 0 Å². The third kappa shape index (κ3) is 4.17. The number of para-hydroxylation sites is 1. The Kier molecular flexibility index (Phi) is 6.36. The summed E-state index contributed by atoms with van der Waals surface area (Å²) in [5.41, 5.74) is 4.22. The van der Waals surface area contributed by atoms with E-state index in [-0.39, 0.29) is 6.61 Å². The molecule has 148 valence electrons. The predicted molar refractivity (Wildman–Crippen MR) is 113 cm³/mol. The zero-order valence-electron chi connectivity index (χ0n) is 16.9. The van der Waals surface area contributed by atoms with E-state index in [2.05, 4.69) is 13.0 Å². The van der Waals surface area contributed by atoms with E-state index < -0.39 is 5.97 Å². The Morgan fingerprint density at radius 2 is 1.76 bits per heavy atom. The van der Waals surface area contributed by atoms with Crippen molar-refractivity contribution in [2.75, 3.05) is 13.2 Å². The van der Waals surface area contributed by atoms with E-state index in [1.807, 2.05) is 48.5 Å². The summed E-state index contributed by atoms with van der Waals surface area (Å²) in [4.78, 5) is 12.5. The number of rotatable bonds is 7. The van der Waals surface area contributed by atoms with Crippen LogP contribution in [0.2, 0.25) is 0 Å². The number of hydrogen-bond donors (Lipinski definition) is 0. The van der Waals surface area contributed by atoms with Crippen LogP contribution in [0.5, 0.6) is 5.75 Å². The molecule has 0 saturated carbocycles. The molecule has 1 heterocycles. The Morgan fingerprint density at radius 1 is 1.07 bits per heavy atom. The van der Waals surface area contributed by atoms with E-state index in [0.717, 1.165) is 28.9 Å². The third-order valence-electron chi connectivity index (χ3n) is 4.60. The number of esters is 1. The summed E-state index contributed by atoms with van der Waals surface area (Å²) in [5.74, 6) is 0.403. The maximum atomic E-state index is 12.5. The van der Waals surface area contributed by atoms with Crippen LogP contribution in [0, 0.1) is 11.3 Å². The van der Waals surface area contributed by atoms with Crippen LogP contribution < -0.4 is 4.74 Å². The Balaban J connectivity index is 2.03. The van der Waals surface area contributed by atoms with Crippen molar-refractivity contribution in [1.82, 2.24) is 4.57 Å². The monoisotopic (exact) mass is 388 g/mol. The number of aromatic nitrogens is 1. The summed E-state index contributed by atoms with van der Waals surface area (Å²) in [6.45, 7) is 4.77. The average Bonchev–Trinajstić information content (AvgIpc) is 3.09. The molecular weight excluding hydrogens is 364 g/mol. The minimum Gasteiger partial charge on any atom is -0.493 e. The summed E-state index contributed by atoms with van der Waals surface area (Å²) in [6.07, 6.45) is 2.60. The first-order chi connectivity index (χ1) is 14.1. The summed E-state index contributed by atoms with van der Waals surface area (Å²) in [6, 6.07) is 17.9. The topological polar surface area (TPSA) is 64.2 Å². The van der Waals surface area contributed by atoms with Crippen molar-refractivity contribution >= 4 is 5.97 Å². The second kappa shape index (κ2) is 9.11. The molecule has 0 unspecified atom stereocenters. The van der Waals surface area contributed by atoms with Gasteiger partial charge >= 0.3 is 5.97 Å². The van der Waals surface area contributed by atoms with Crippen molar-refractivity contribution < 1.29 is 14.3 Å². The van der Waals surface area contributed by atoms with Gasteiger partial charge in [0.25, 0.3) is 0 Å². The van der Waals surface area contributed by atoms with Crippen molar-refractivity contribution in [1.29, 1.82) is 5.26 Å². The molecule has 0 bridgehead atoms.